The minimum atomic E-state index is -0.875. The Labute approximate surface area is 93.4 Å². The Kier molecular flexibility index (Phi) is 4.20. The molecule has 16 heavy (non-hydrogen) atoms. The summed E-state index contributed by atoms with van der Waals surface area (Å²) in [6.07, 6.45) is 0.723. The number of carbonyl (C=O) groups excluding carboxylic acids is 1. The average Bonchev–Trinajstić information content (AvgIpc) is 2.25. The fourth-order valence-electron chi connectivity index (χ4n) is 1.10. The smallest absolute Gasteiger partial charge is 0.409 e. The molecule has 0 saturated heterocycles. The van der Waals surface area contributed by atoms with Gasteiger partial charge in [0.25, 0.3) is 0 Å². The number of amides is 1. The largest absolute Gasteiger partial charge is 0.493 e. The second-order valence-electron chi connectivity index (χ2n) is 2.83. The van der Waals surface area contributed by atoms with Crippen LogP contribution in [0.5, 0.6) is 17.2 Å². The molecule has 0 fully saturated rings. The van der Waals surface area contributed by atoms with Gasteiger partial charge in [0.15, 0.2) is 11.5 Å². The molecule has 2 N–H and O–H groups in total. The Morgan fingerprint density at radius 3 is 2.81 bits per heavy atom. The standard InChI is InChI=1S/C11H13NO4/c1-3-6-15-10-7-8(16-11(12)13)4-5-9(10)14-2/h3-5,7H,1,6H2,2H3,(H2,12,13). The van der Waals surface area contributed by atoms with Crippen molar-refractivity contribution in [2.75, 3.05) is 13.7 Å². The SMILES string of the molecule is C=CCOc1cc(OC(N)=O)ccc1OC. The molecule has 86 valence electrons. The fourth-order valence-corrected chi connectivity index (χ4v) is 1.10. The van der Waals surface area contributed by atoms with Crippen molar-refractivity contribution < 1.29 is 19.0 Å². The van der Waals surface area contributed by atoms with Gasteiger partial charge in [0, 0.05) is 6.07 Å². The molecule has 0 radical (unpaired) electrons. The third-order valence-corrected chi connectivity index (χ3v) is 1.71. The maximum atomic E-state index is 10.6. The molecule has 0 aromatic heterocycles. The molecule has 0 atom stereocenters. The summed E-state index contributed by atoms with van der Waals surface area (Å²) in [6, 6.07) is 4.70. The summed E-state index contributed by atoms with van der Waals surface area (Å²) in [6.45, 7) is 3.86. The van der Waals surface area contributed by atoms with Crippen LogP contribution in [0.25, 0.3) is 0 Å². The number of hydrogen-bond acceptors (Lipinski definition) is 4. The Morgan fingerprint density at radius 1 is 1.50 bits per heavy atom. The lowest BCUT2D eigenvalue weighted by Gasteiger charge is -2.10. The highest BCUT2D eigenvalue weighted by molar-refractivity contribution is 5.68. The van der Waals surface area contributed by atoms with Crippen molar-refractivity contribution in [3.63, 3.8) is 0 Å². The summed E-state index contributed by atoms with van der Waals surface area (Å²) < 4.78 is 15.1. The van der Waals surface area contributed by atoms with Gasteiger partial charge in [-0.3, -0.25) is 0 Å². The monoisotopic (exact) mass is 223 g/mol. The van der Waals surface area contributed by atoms with Crippen molar-refractivity contribution >= 4 is 6.09 Å². The zero-order valence-electron chi connectivity index (χ0n) is 8.93. The van der Waals surface area contributed by atoms with Crippen molar-refractivity contribution in [1.82, 2.24) is 0 Å². The van der Waals surface area contributed by atoms with Gasteiger partial charge >= 0.3 is 6.09 Å². The zero-order valence-corrected chi connectivity index (χ0v) is 8.93. The summed E-state index contributed by atoms with van der Waals surface area (Å²) in [7, 11) is 1.52. The second kappa shape index (κ2) is 5.65. The second-order valence-corrected chi connectivity index (χ2v) is 2.83. The summed E-state index contributed by atoms with van der Waals surface area (Å²) >= 11 is 0. The van der Waals surface area contributed by atoms with E-state index < -0.39 is 6.09 Å². The zero-order chi connectivity index (χ0) is 12.0. The predicted molar refractivity (Wildman–Crippen MR) is 58.9 cm³/mol. The highest BCUT2D eigenvalue weighted by atomic mass is 16.6. The minimum absolute atomic E-state index is 0.298. The van der Waals surface area contributed by atoms with Crippen LogP contribution in [-0.4, -0.2) is 19.8 Å². The molecule has 0 bridgehead atoms. The highest BCUT2D eigenvalue weighted by Crippen LogP contribution is 2.31. The molecule has 0 aliphatic rings. The molecule has 0 aliphatic heterocycles. The van der Waals surface area contributed by atoms with E-state index >= 15 is 0 Å². The Bertz CT molecular complexity index is 390. The summed E-state index contributed by atoms with van der Waals surface area (Å²) in [5.74, 6) is 1.30. The number of rotatable bonds is 5. The van der Waals surface area contributed by atoms with E-state index in [-0.39, 0.29) is 0 Å². The molecule has 0 aliphatic carbocycles. The molecule has 1 aromatic carbocycles. The van der Waals surface area contributed by atoms with Gasteiger partial charge in [-0.05, 0) is 12.1 Å². The first kappa shape index (κ1) is 11.9. The minimum Gasteiger partial charge on any atom is -0.493 e. The van der Waals surface area contributed by atoms with Gasteiger partial charge in [-0.15, -0.1) is 0 Å². The Hall–Kier alpha value is -2.17. The number of hydrogen-bond donors (Lipinski definition) is 1. The summed E-state index contributed by atoms with van der Waals surface area (Å²) in [4.78, 5) is 10.6. The van der Waals surface area contributed by atoms with Crippen LogP contribution in [0.15, 0.2) is 30.9 Å². The van der Waals surface area contributed by atoms with Gasteiger partial charge in [-0.2, -0.15) is 0 Å². The van der Waals surface area contributed by atoms with Gasteiger partial charge < -0.3 is 19.9 Å². The van der Waals surface area contributed by atoms with Crippen LogP contribution in [-0.2, 0) is 0 Å². The first-order valence-electron chi connectivity index (χ1n) is 4.56. The molecule has 0 spiro atoms. The van der Waals surface area contributed by atoms with Crippen LogP contribution < -0.4 is 19.9 Å². The normalized spacial score (nSPS) is 9.31. The van der Waals surface area contributed by atoms with Crippen molar-refractivity contribution in [1.29, 1.82) is 0 Å². The molecular formula is C11H13NO4. The lowest BCUT2D eigenvalue weighted by molar-refractivity contribution is 0.210. The topological polar surface area (TPSA) is 70.8 Å². The summed E-state index contributed by atoms with van der Waals surface area (Å²) in [5, 5.41) is 0. The highest BCUT2D eigenvalue weighted by Gasteiger charge is 2.07. The van der Waals surface area contributed by atoms with Crippen LogP contribution >= 0.6 is 0 Å². The van der Waals surface area contributed by atoms with E-state index in [4.69, 9.17) is 19.9 Å². The molecule has 5 heteroatoms. The Balaban J connectivity index is 2.91. The van der Waals surface area contributed by atoms with E-state index in [0.29, 0.717) is 23.9 Å². The third-order valence-electron chi connectivity index (χ3n) is 1.71. The fraction of sp³-hybridized carbons (Fsp3) is 0.182. The number of benzene rings is 1. The number of primary amides is 1. The molecule has 1 rings (SSSR count). The molecule has 0 unspecified atom stereocenters. The van der Waals surface area contributed by atoms with Gasteiger partial charge in [0.2, 0.25) is 0 Å². The Morgan fingerprint density at radius 2 is 2.25 bits per heavy atom. The van der Waals surface area contributed by atoms with E-state index in [1.54, 1.807) is 18.2 Å². The van der Waals surface area contributed by atoms with Gasteiger partial charge in [-0.1, -0.05) is 12.7 Å². The maximum absolute atomic E-state index is 10.6. The van der Waals surface area contributed by atoms with Crippen molar-refractivity contribution in [3.05, 3.63) is 30.9 Å². The van der Waals surface area contributed by atoms with Crippen LogP contribution in [0.2, 0.25) is 0 Å². The lowest BCUT2D eigenvalue weighted by Crippen LogP contribution is -2.16. The predicted octanol–water partition coefficient (Wildman–Crippen LogP) is 1.72. The first-order valence-corrected chi connectivity index (χ1v) is 4.56. The molecule has 1 amide bonds. The van der Waals surface area contributed by atoms with Gasteiger partial charge in [-0.25, -0.2) is 4.79 Å². The maximum Gasteiger partial charge on any atom is 0.409 e. The van der Waals surface area contributed by atoms with Crippen molar-refractivity contribution in [2.24, 2.45) is 5.73 Å². The van der Waals surface area contributed by atoms with Gasteiger partial charge in [0.1, 0.15) is 12.4 Å². The van der Waals surface area contributed by atoms with Crippen LogP contribution in [0.3, 0.4) is 0 Å². The van der Waals surface area contributed by atoms with Gasteiger partial charge in [0.05, 0.1) is 7.11 Å². The molecule has 5 nitrogen and oxygen atoms in total. The number of ether oxygens (including phenoxy) is 3. The lowest BCUT2D eigenvalue weighted by atomic mass is 10.3. The molecular weight excluding hydrogens is 210 g/mol. The van der Waals surface area contributed by atoms with Crippen molar-refractivity contribution in [2.45, 2.75) is 0 Å². The van der Waals surface area contributed by atoms with E-state index in [9.17, 15) is 4.79 Å². The first-order chi connectivity index (χ1) is 7.67. The van der Waals surface area contributed by atoms with E-state index in [1.807, 2.05) is 0 Å². The van der Waals surface area contributed by atoms with E-state index in [0.717, 1.165) is 0 Å². The molecule has 0 saturated carbocycles. The quantitative estimate of drug-likeness (QED) is 0.771. The van der Waals surface area contributed by atoms with E-state index in [2.05, 4.69) is 6.58 Å². The number of methoxy groups -OCH3 is 1. The number of nitrogens with two attached hydrogens (primary N) is 1. The summed E-state index contributed by atoms with van der Waals surface area (Å²) in [5.41, 5.74) is 4.90. The van der Waals surface area contributed by atoms with Crippen molar-refractivity contribution in [3.8, 4) is 17.2 Å². The van der Waals surface area contributed by atoms with Crippen LogP contribution in [0.1, 0.15) is 0 Å². The number of carbonyl (C=O) groups is 1. The molecule has 1 aromatic rings. The third kappa shape index (κ3) is 3.20. The average molecular weight is 223 g/mol. The van der Waals surface area contributed by atoms with Crippen LogP contribution in [0.4, 0.5) is 4.79 Å². The molecule has 0 heterocycles. The van der Waals surface area contributed by atoms with Crippen LogP contribution in [0, 0.1) is 0 Å². The van der Waals surface area contributed by atoms with E-state index in [1.165, 1.54) is 13.2 Å².